The molecular formula is C30H22F3N5O2. The molecule has 0 saturated heterocycles. The molecule has 0 unspecified atom stereocenters. The first-order chi connectivity index (χ1) is 19.2. The van der Waals surface area contributed by atoms with Gasteiger partial charge in [0.1, 0.15) is 0 Å². The fourth-order valence-electron chi connectivity index (χ4n) is 4.13. The standard InChI is InChI=1S/C30H22F3N5O2/c1-18(25-8-4-5-13-34-25)37-28(39)20-14-19-9-11-22(15-27(19)35-16-20)38-29(40)24-7-3-2-6-23(24)26-12-10-21(17-36-26)30(31,32)33/h2-18H,1H3,(H,37,39)(H,38,40)/t18-/m1/s1. The van der Waals surface area contributed by atoms with Crippen molar-refractivity contribution in [1.82, 2.24) is 20.3 Å². The molecule has 10 heteroatoms. The lowest BCUT2D eigenvalue weighted by Crippen LogP contribution is -2.27. The number of nitrogens with one attached hydrogen (secondary N) is 2. The van der Waals surface area contributed by atoms with Gasteiger partial charge in [0.05, 0.1) is 34.1 Å². The Labute approximate surface area is 227 Å². The molecule has 0 saturated carbocycles. The maximum Gasteiger partial charge on any atom is 0.417 e. The number of halogens is 3. The minimum Gasteiger partial charge on any atom is -0.344 e. The van der Waals surface area contributed by atoms with Gasteiger partial charge in [0.25, 0.3) is 11.8 Å². The summed E-state index contributed by atoms with van der Waals surface area (Å²) in [6, 6.07) is 20.7. The van der Waals surface area contributed by atoms with Crippen molar-refractivity contribution in [3.8, 4) is 11.3 Å². The van der Waals surface area contributed by atoms with Crippen molar-refractivity contribution in [3.63, 3.8) is 0 Å². The Morgan fingerprint density at radius 1 is 0.825 bits per heavy atom. The van der Waals surface area contributed by atoms with Crippen molar-refractivity contribution >= 4 is 28.4 Å². The Morgan fingerprint density at radius 2 is 1.62 bits per heavy atom. The van der Waals surface area contributed by atoms with E-state index in [1.807, 2.05) is 19.1 Å². The summed E-state index contributed by atoms with van der Waals surface area (Å²) in [6.45, 7) is 1.84. The Kier molecular flexibility index (Phi) is 7.24. The second-order valence-electron chi connectivity index (χ2n) is 9.01. The van der Waals surface area contributed by atoms with Crippen molar-refractivity contribution in [2.24, 2.45) is 0 Å². The highest BCUT2D eigenvalue weighted by Crippen LogP contribution is 2.31. The number of carbonyl (C=O) groups excluding carboxylic acids is 2. The molecule has 2 amide bonds. The predicted molar refractivity (Wildman–Crippen MR) is 144 cm³/mol. The van der Waals surface area contributed by atoms with Gasteiger partial charge >= 0.3 is 6.18 Å². The lowest BCUT2D eigenvalue weighted by molar-refractivity contribution is -0.137. The molecule has 0 aliphatic rings. The Balaban J connectivity index is 1.32. The van der Waals surface area contributed by atoms with Gasteiger partial charge in [0.2, 0.25) is 0 Å². The third-order valence-corrected chi connectivity index (χ3v) is 6.22. The lowest BCUT2D eigenvalue weighted by atomic mass is 10.0. The second kappa shape index (κ2) is 10.9. The van der Waals surface area contributed by atoms with Gasteiger partial charge in [0, 0.05) is 40.8 Å². The van der Waals surface area contributed by atoms with E-state index in [-0.39, 0.29) is 23.2 Å². The summed E-state index contributed by atoms with van der Waals surface area (Å²) >= 11 is 0. The molecule has 7 nitrogen and oxygen atoms in total. The van der Waals surface area contributed by atoms with Gasteiger partial charge < -0.3 is 10.6 Å². The molecule has 5 aromatic rings. The summed E-state index contributed by atoms with van der Waals surface area (Å²) in [5.74, 6) is -0.755. The average molecular weight is 542 g/mol. The van der Waals surface area contributed by atoms with Crippen LogP contribution in [0, 0.1) is 0 Å². The Morgan fingerprint density at radius 3 is 2.35 bits per heavy atom. The van der Waals surface area contributed by atoms with E-state index in [0.29, 0.717) is 27.7 Å². The number of benzene rings is 2. The monoisotopic (exact) mass is 541 g/mol. The zero-order valence-corrected chi connectivity index (χ0v) is 21.1. The maximum atomic E-state index is 13.1. The quantitative estimate of drug-likeness (QED) is 0.257. The molecule has 200 valence electrons. The third-order valence-electron chi connectivity index (χ3n) is 6.22. The fourth-order valence-corrected chi connectivity index (χ4v) is 4.13. The minimum absolute atomic E-state index is 0.238. The van der Waals surface area contributed by atoms with Crippen LogP contribution in [-0.2, 0) is 6.18 Å². The normalized spacial score (nSPS) is 12.1. The van der Waals surface area contributed by atoms with Crippen molar-refractivity contribution in [1.29, 1.82) is 0 Å². The van der Waals surface area contributed by atoms with Crippen LogP contribution in [0.25, 0.3) is 22.2 Å². The first kappa shape index (κ1) is 26.5. The molecule has 2 aromatic carbocycles. The molecule has 1 atom stereocenters. The molecule has 40 heavy (non-hydrogen) atoms. The summed E-state index contributed by atoms with van der Waals surface area (Å²) in [7, 11) is 0. The number of alkyl halides is 3. The zero-order chi connectivity index (χ0) is 28.3. The van der Waals surface area contributed by atoms with Gasteiger partial charge in [-0.3, -0.25) is 24.5 Å². The SMILES string of the molecule is C[C@@H](NC(=O)c1cnc2cc(NC(=O)c3ccccc3-c3ccc(C(F)(F)F)cn3)ccc2c1)c1ccccn1. The van der Waals surface area contributed by atoms with E-state index in [4.69, 9.17) is 0 Å². The first-order valence-electron chi connectivity index (χ1n) is 12.2. The zero-order valence-electron chi connectivity index (χ0n) is 21.1. The summed E-state index contributed by atoms with van der Waals surface area (Å²) < 4.78 is 38.8. The molecule has 3 aromatic heterocycles. The topological polar surface area (TPSA) is 96.9 Å². The van der Waals surface area contributed by atoms with Crippen LogP contribution in [0.5, 0.6) is 0 Å². The largest absolute Gasteiger partial charge is 0.417 e. The maximum absolute atomic E-state index is 13.1. The van der Waals surface area contributed by atoms with Gasteiger partial charge in [-0.15, -0.1) is 0 Å². The van der Waals surface area contributed by atoms with E-state index in [0.717, 1.165) is 18.0 Å². The molecule has 5 rings (SSSR count). The number of hydrogen-bond acceptors (Lipinski definition) is 5. The molecule has 2 N–H and O–H groups in total. The number of pyridine rings is 3. The summed E-state index contributed by atoms with van der Waals surface area (Å²) in [5.41, 5.74) is 2.14. The molecular weight excluding hydrogens is 519 g/mol. The van der Waals surface area contributed by atoms with Crippen LogP contribution < -0.4 is 10.6 Å². The number of hydrogen-bond donors (Lipinski definition) is 2. The number of fused-ring (bicyclic) bond motifs is 1. The number of anilines is 1. The van der Waals surface area contributed by atoms with Crippen molar-refractivity contribution < 1.29 is 22.8 Å². The molecule has 0 aliphatic heterocycles. The van der Waals surface area contributed by atoms with Crippen molar-refractivity contribution in [3.05, 3.63) is 120 Å². The van der Waals surface area contributed by atoms with Gasteiger partial charge in [-0.2, -0.15) is 13.2 Å². The molecule has 0 spiro atoms. The average Bonchev–Trinajstić information content (AvgIpc) is 2.97. The molecule has 0 aliphatic carbocycles. The van der Waals surface area contributed by atoms with Crippen LogP contribution in [0.3, 0.4) is 0 Å². The van der Waals surface area contributed by atoms with Gasteiger partial charge in [-0.1, -0.05) is 30.3 Å². The third kappa shape index (κ3) is 5.80. The number of aromatic nitrogens is 3. The van der Waals surface area contributed by atoms with E-state index < -0.39 is 17.6 Å². The van der Waals surface area contributed by atoms with E-state index in [2.05, 4.69) is 25.6 Å². The number of carbonyl (C=O) groups is 2. The summed E-state index contributed by atoms with van der Waals surface area (Å²) in [6.07, 6.45) is -0.641. The highest BCUT2D eigenvalue weighted by molar-refractivity contribution is 6.09. The smallest absolute Gasteiger partial charge is 0.344 e. The Bertz CT molecular complexity index is 1690. The van der Waals surface area contributed by atoms with E-state index >= 15 is 0 Å². The van der Waals surface area contributed by atoms with Crippen LogP contribution in [0.1, 0.15) is 44.9 Å². The highest BCUT2D eigenvalue weighted by atomic mass is 19.4. The van der Waals surface area contributed by atoms with Crippen molar-refractivity contribution in [2.45, 2.75) is 19.1 Å². The van der Waals surface area contributed by atoms with E-state index in [1.165, 1.54) is 12.3 Å². The van der Waals surface area contributed by atoms with Crippen molar-refractivity contribution in [2.75, 3.05) is 5.32 Å². The predicted octanol–water partition coefficient (Wildman–Crippen LogP) is 6.45. The molecule has 3 heterocycles. The lowest BCUT2D eigenvalue weighted by Gasteiger charge is -2.14. The number of amides is 2. The highest BCUT2D eigenvalue weighted by Gasteiger charge is 2.30. The van der Waals surface area contributed by atoms with Crippen LogP contribution in [0.4, 0.5) is 18.9 Å². The van der Waals surface area contributed by atoms with Gasteiger partial charge in [0.15, 0.2) is 0 Å². The molecule has 0 radical (unpaired) electrons. The molecule has 0 fully saturated rings. The second-order valence-corrected chi connectivity index (χ2v) is 9.01. The van der Waals surface area contributed by atoms with Gasteiger partial charge in [-0.05, 0) is 55.5 Å². The Hall–Kier alpha value is -5.12. The summed E-state index contributed by atoms with van der Waals surface area (Å²) in [4.78, 5) is 38.5. The minimum atomic E-state index is -4.50. The fraction of sp³-hybridized carbons (Fsp3) is 0.100. The number of rotatable bonds is 6. The van der Waals surface area contributed by atoms with Gasteiger partial charge in [-0.25, -0.2) is 0 Å². The van der Waals surface area contributed by atoms with Crippen LogP contribution in [0.15, 0.2) is 97.5 Å². The molecule has 0 bridgehead atoms. The van der Waals surface area contributed by atoms with Crippen LogP contribution in [0.2, 0.25) is 0 Å². The van der Waals surface area contributed by atoms with Crippen LogP contribution in [-0.4, -0.2) is 26.8 Å². The number of nitrogens with zero attached hydrogens (tertiary/aromatic N) is 3. The first-order valence-corrected chi connectivity index (χ1v) is 12.2. The van der Waals surface area contributed by atoms with Crippen LogP contribution >= 0.6 is 0 Å². The summed E-state index contributed by atoms with van der Waals surface area (Å²) in [5, 5.41) is 6.41. The van der Waals surface area contributed by atoms with E-state index in [1.54, 1.807) is 60.8 Å². The van der Waals surface area contributed by atoms with E-state index in [9.17, 15) is 22.8 Å².